The Hall–Kier alpha value is -3.78. The zero-order valence-electron chi connectivity index (χ0n) is 14.2. The Morgan fingerprint density at radius 1 is 0.893 bits per heavy atom. The molecular weight excluding hydrogens is 380 g/mol. The number of phenolic OH excluding ortho intramolecular Hbond substituents is 4. The van der Waals surface area contributed by atoms with Crippen LogP contribution < -0.4 is 5.32 Å². The number of nitrogens with one attached hydrogen (secondary N) is 1. The maximum absolute atomic E-state index is 12.3. The Labute approximate surface area is 162 Å². The number of aromatic hydroxyl groups is 4. The van der Waals surface area contributed by atoms with Crippen LogP contribution in [0.5, 0.6) is 23.0 Å². The molecule has 28 heavy (non-hydrogen) atoms. The Balaban J connectivity index is 1.67. The van der Waals surface area contributed by atoms with Crippen LogP contribution in [0.3, 0.4) is 0 Å². The molecule has 0 spiro atoms. The molecule has 8 heteroatoms. The highest BCUT2D eigenvalue weighted by Gasteiger charge is 2.16. The predicted octanol–water partition coefficient (Wildman–Crippen LogP) is 4.04. The van der Waals surface area contributed by atoms with Crippen LogP contribution in [0.4, 0.5) is 5.13 Å². The Morgan fingerprint density at radius 3 is 2.39 bits per heavy atom. The van der Waals surface area contributed by atoms with E-state index in [2.05, 4.69) is 10.3 Å². The summed E-state index contributed by atoms with van der Waals surface area (Å²) in [7, 11) is 0. The maximum atomic E-state index is 12.3. The van der Waals surface area contributed by atoms with E-state index in [1.165, 1.54) is 29.5 Å². The highest BCUT2D eigenvalue weighted by atomic mass is 32.1. The van der Waals surface area contributed by atoms with E-state index in [0.717, 1.165) is 6.07 Å². The van der Waals surface area contributed by atoms with Gasteiger partial charge in [-0.2, -0.15) is 0 Å². The van der Waals surface area contributed by atoms with Gasteiger partial charge in [-0.25, -0.2) is 4.98 Å². The van der Waals surface area contributed by atoms with E-state index in [-0.39, 0.29) is 22.8 Å². The number of benzene rings is 3. The van der Waals surface area contributed by atoms with Crippen molar-refractivity contribution in [3.63, 3.8) is 0 Å². The third kappa shape index (κ3) is 3.06. The molecule has 1 amide bonds. The van der Waals surface area contributed by atoms with Gasteiger partial charge >= 0.3 is 0 Å². The second-order valence-corrected chi connectivity index (χ2v) is 6.89. The van der Waals surface area contributed by atoms with Crippen LogP contribution in [0.1, 0.15) is 10.4 Å². The molecule has 5 N–H and O–H groups in total. The smallest absolute Gasteiger partial charge is 0.257 e. The van der Waals surface area contributed by atoms with Gasteiger partial charge in [0.25, 0.3) is 5.91 Å². The van der Waals surface area contributed by atoms with Gasteiger partial charge in [-0.15, -0.1) is 11.3 Å². The van der Waals surface area contributed by atoms with Crippen molar-refractivity contribution >= 4 is 33.1 Å². The fraction of sp³-hybridized carbons (Fsp3) is 0. The van der Waals surface area contributed by atoms with Crippen LogP contribution in [-0.2, 0) is 0 Å². The molecule has 0 bridgehead atoms. The van der Waals surface area contributed by atoms with Gasteiger partial charge in [-0.1, -0.05) is 24.3 Å². The average Bonchev–Trinajstić information content (AvgIpc) is 3.15. The van der Waals surface area contributed by atoms with Crippen LogP contribution >= 0.6 is 11.3 Å². The largest absolute Gasteiger partial charge is 0.504 e. The number of phenols is 4. The lowest BCUT2D eigenvalue weighted by Gasteiger charge is -2.08. The standard InChI is InChI=1S/C20H14N2O5S/c23-15-6-5-10(7-16(15)24)19(27)22-20-21-14(9-28-20)13-8-17(25)18(26)12-4-2-1-3-11(12)13/h1-9,23-26H,(H,21,22,27). The lowest BCUT2D eigenvalue weighted by Crippen LogP contribution is -2.11. The second kappa shape index (κ2) is 6.75. The van der Waals surface area contributed by atoms with Gasteiger partial charge in [-0.05, 0) is 29.7 Å². The number of hydrogen-bond donors (Lipinski definition) is 5. The maximum Gasteiger partial charge on any atom is 0.257 e. The molecular formula is C20H14N2O5S. The van der Waals surface area contributed by atoms with Gasteiger partial charge in [0.15, 0.2) is 28.1 Å². The third-order valence-electron chi connectivity index (χ3n) is 4.23. The minimum absolute atomic E-state index is 0.166. The first-order chi connectivity index (χ1) is 13.4. The fourth-order valence-electron chi connectivity index (χ4n) is 2.85. The number of amides is 1. The minimum atomic E-state index is -0.491. The van der Waals surface area contributed by atoms with Crippen LogP contribution in [-0.4, -0.2) is 31.3 Å². The lowest BCUT2D eigenvalue weighted by molar-refractivity contribution is 0.102. The molecule has 0 unspecified atom stereocenters. The van der Waals surface area contributed by atoms with E-state index >= 15 is 0 Å². The summed E-state index contributed by atoms with van der Waals surface area (Å²) in [6.45, 7) is 0. The summed E-state index contributed by atoms with van der Waals surface area (Å²) in [5, 5.41) is 44.8. The van der Waals surface area contributed by atoms with Crippen molar-refractivity contribution in [2.24, 2.45) is 0 Å². The van der Waals surface area contributed by atoms with Crippen LogP contribution in [0.2, 0.25) is 0 Å². The summed E-state index contributed by atoms with van der Waals surface area (Å²) in [5.74, 6) is -1.65. The van der Waals surface area contributed by atoms with Crippen molar-refractivity contribution in [2.75, 3.05) is 5.32 Å². The molecule has 0 saturated carbocycles. The van der Waals surface area contributed by atoms with E-state index in [1.54, 1.807) is 23.6 Å². The van der Waals surface area contributed by atoms with Crippen LogP contribution in [0.15, 0.2) is 53.9 Å². The van der Waals surface area contributed by atoms with Gasteiger partial charge < -0.3 is 20.4 Å². The van der Waals surface area contributed by atoms with Gasteiger partial charge in [0.2, 0.25) is 0 Å². The fourth-order valence-corrected chi connectivity index (χ4v) is 3.55. The summed E-state index contributed by atoms with van der Waals surface area (Å²) < 4.78 is 0. The number of anilines is 1. The number of rotatable bonds is 3. The molecule has 0 aliphatic carbocycles. The van der Waals surface area contributed by atoms with Crippen molar-refractivity contribution in [3.05, 3.63) is 59.5 Å². The first-order valence-corrected chi connectivity index (χ1v) is 9.05. The van der Waals surface area contributed by atoms with Crippen molar-refractivity contribution in [1.82, 2.24) is 4.98 Å². The molecule has 0 fully saturated rings. The molecule has 0 radical (unpaired) electrons. The average molecular weight is 394 g/mol. The molecule has 0 atom stereocenters. The summed E-state index contributed by atoms with van der Waals surface area (Å²) in [5.41, 5.74) is 1.31. The Morgan fingerprint density at radius 2 is 1.64 bits per heavy atom. The molecule has 4 aromatic rings. The number of carbonyl (C=O) groups excluding carboxylic acids is 1. The van der Waals surface area contributed by atoms with Crippen molar-refractivity contribution in [2.45, 2.75) is 0 Å². The molecule has 0 aliphatic rings. The number of carbonyl (C=O) groups is 1. The summed E-state index contributed by atoms with van der Waals surface area (Å²) >= 11 is 1.19. The van der Waals surface area contributed by atoms with E-state index in [4.69, 9.17) is 0 Å². The van der Waals surface area contributed by atoms with Crippen molar-refractivity contribution < 1.29 is 25.2 Å². The monoisotopic (exact) mass is 394 g/mol. The molecule has 7 nitrogen and oxygen atoms in total. The van der Waals surface area contributed by atoms with E-state index in [9.17, 15) is 25.2 Å². The molecule has 4 rings (SSSR count). The number of fused-ring (bicyclic) bond motifs is 1. The second-order valence-electron chi connectivity index (χ2n) is 6.03. The number of thiazole rings is 1. The molecule has 0 aliphatic heterocycles. The van der Waals surface area contributed by atoms with Crippen LogP contribution in [0.25, 0.3) is 22.0 Å². The summed E-state index contributed by atoms with van der Waals surface area (Å²) in [6.07, 6.45) is 0. The van der Waals surface area contributed by atoms with E-state index in [0.29, 0.717) is 27.2 Å². The quantitative estimate of drug-likeness (QED) is 0.334. The highest BCUT2D eigenvalue weighted by molar-refractivity contribution is 7.14. The first-order valence-electron chi connectivity index (χ1n) is 8.17. The molecule has 3 aromatic carbocycles. The Bertz CT molecular complexity index is 1220. The SMILES string of the molecule is O=C(Nc1nc(-c2cc(O)c(O)c3ccccc23)cs1)c1ccc(O)c(O)c1. The molecule has 1 heterocycles. The molecule has 140 valence electrons. The van der Waals surface area contributed by atoms with Crippen molar-refractivity contribution in [1.29, 1.82) is 0 Å². The minimum Gasteiger partial charge on any atom is -0.504 e. The number of hydrogen-bond acceptors (Lipinski definition) is 7. The summed E-state index contributed by atoms with van der Waals surface area (Å²) in [4.78, 5) is 16.7. The van der Waals surface area contributed by atoms with Crippen molar-refractivity contribution in [3.8, 4) is 34.3 Å². The molecule has 1 aromatic heterocycles. The van der Waals surface area contributed by atoms with Gasteiger partial charge in [0, 0.05) is 21.9 Å². The Kier molecular flexibility index (Phi) is 4.25. The summed E-state index contributed by atoms with van der Waals surface area (Å²) in [6, 6.07) is 12.3. The zero-order chi connectivity index (χ0) is 19.8. The highest BCUT2D eigenvalue weighted by Crippen LogP contribution is 2.41. The molecule has 0 saturated heterocycles. The zero-order valence-corrected chi connectivity index (χ0v) is 15.1. The van der Waals surface area contributed by atoms with Gasteiger partial charge in [-0.3, -0.25) is 10.1 Å². The van der Waals surface area contributed by atoms with Crippen LogP contribution in [0, 0.1) is 0 Å². The van der Waals surface area contributed by atoms with E-state index in [1.807, 2.05) is 6.07 Å². The van der Waals surface area contributed by atoms with E-state index < -0.39 is 11.7 Å². The topological polar surface area (TPSA) is 123 Å². The van der Waals surface area contributed by atoms with Gasteiger partial charge in [0.1, 0.15) is 0 Å². The normalized spacial score (nSPS) is 10.9. The van der Waals surface area contributed by atoms with Gasteiger partial charge in [0.05, 0.1) is 5.69 Å². The lowest BCUT2D eigenvalue weighted by atomic mass is 10.0. The first kappa shape index (κ1) is 17.6. The predicted molar refractivity (Wildman–Crippen MR) is 106 cm³/mol. The third-order valence-corrected chi connectivity index (χ3v) is 4.99. The number of aromatic nitrogens is 1. The number of nitrogens with zero attached hydrogens (tertiary/aromatic N) is 1.